The molecule has 3 rings (SSSR count). The number of pyridine rings is 1. The van der Waals surface area contributed by atoms with Crippen LogP contribution in [0.1, 0.15) is 24.0 Å². The fourth-order valence-corrected chi connectivity index (χ4v) is 3.01. The maximum Gasteiger partial charge on any atom is 0.129 e. The molecule has 112 valence electrons. The van der Waals surface area contributed by atoms with Crippen LogP contribution in [0, 0.1) is 13.8 Å². The fraction of sp³-hybridized carbons (Fsp3) is 0.471. The SMILES string of the molecule is Cc1ccc2c(C)cc(N3CCC(O)(CN)CC3)nc2c1. The topological polar surface area (TPSA) is 62.4 Å². The summed E-state index contributed by atoms with van der Waals surface area (Å²) < 4.78 is 0. The average Bonchev–Trinajstić information content (AvgIpc) is 2.47. The third-order valence-corrected chi connectivity index (χ3v) is 4.56. The lowest BCUT2D eigenvalue weighted by Crippen LogP contribution is -2.49. The average molecular weight is 285 g/mol. The van der Waals surface area contributed by atoms with E-state index in [2.05, 4.69) is 43.0 Å². The van der Waals surface area contributed by atoms with Crippen LogP contribution in [0.4, 0.5) is 5.82 Å². The van der Waals surface area contributed by atoms with E-state index < -0.39 is 5.60 Å². The van der Waals surface area contributed by atoms with Crippen LogP contribution in [0.5, 0.6) is 0 Å². The maximum atomic E-state index is 10.2. The van der Waals surface area contributed by atoms with E-state index in [-0.39, 0.29) is 0 Å². The quantitative estimate of drug-likeness (QED) is 0.887. The number of nitrogens with zero attached hydrogens (tertiary/aromatic N) is 2. The van der Waals surface area contributed by atoms with Crippen LogP contribution in [0.3, 0.4) is 0 Å². The van der Waals surface area contributed by atoms with Gasteiger partial charge in [-0.05, 0) is 49.9 Å². The number of fused-ring (bicyclic) bond motifs is 1. The van der Waals surface area contributed by atoms with E-state index in [9.17, 15) is 5.11 Å². The molecule has 4 nitrogen and oxygen atoms in total. The molecule has 1 saturated heterocycles. The minimum absolute atomic E-state index is 0.338. The molecule has 1 aromatic heterocycles. The van der Waals surface area contributed by atoms with Crippen molar-refractivity contribution in [2.24, 2.45) is 5.73 Å². The monoisotopic (exact) mass is 285 g/mol. The highest BCUT2D eigenvalue weighted by molar-refractivity contribution is 5.84. The number of rotatable bonds is 2. The van der Waals surface area contributed by atoms with Gasteiger partial charge in [0, 0.05) is 25.0 Å². The summed E-state index contributed by atoms with van der Waals surface area (Å²) in [5.41, 5.74) is 8.47. The highest BCUT2D eigenvalue weighted by Gasteiger charge is 2.31. The van der Waals surface area contributed by atoms with Gasteiger partial charge >= 0.3 is 0 Å². The van der Waals surface area contributed by atoms with Gasteiger partial charge in [0.15, 0.2) is 0 Å². The van der Waals surface area contributed by atoms with Gasteiger partial charge in [-0.25, -0.2) is 4.98 Å². The minimum Gasteiger partial charge on any atom is -0.388 e. The Morgan fingerprint density at radius 2 is 1.95 bits per heavy atom. The van der Waals surface area contributed by atoms with Gasteiger partial charge in [-0.15, -0.1) is 0 Å². The van der Waals surface area contributed by atoms with Crippen molar-refractivity contribution < 1.29 is 5.11 Å². The van der Waals surface area contributed by atoms with Crippen LogP contribution in [0.25, 0.3) is 10.9 Å². The van der Waals surface area contributed by atoms with E-state index in [1.807, 2.05) is 0 Å². The minimum atomic E-state index is -0.695. The van der Waals surface area contributed by atoms with Crippen molar-refractivity contribution in [3.05, 3.63) is 35.4 Å². The molecule has 2 aromatic rings. The Kier molecular flexibility index (Phi) is 3.59. The van der Waals surface area contributed by atoms with E-state index in [0.717, 1.165) is 24.4 Å². The Balaban J connectivity index is 1.91. The Hall–Kier alpha value is -1.65. The first-order valence-electron chi connectivity index (χ1n) is 7.56. The zero-order valence-electron chi connectivity index (χ0n) is 12.8. The van der Waals surface area contributed by atoms with Crippen LogP contribution in [0.15, 0.2) is 24.3 Å². The zero-order valence-corrected chi connectivity index (χ0v) is 12.8. The molecule has 1 fully saturated rings. The summed E-state index contributed by atoms with van der Waals surface area (Å²) in [7, 11) is 0. The van der Waals surface area contributed by atoms with E-state index in [1.165, 1.54) is 16.5 Å². The van der Waals surface area contributed by atoms with Gasteiger partial charge in [-0.1, -0.05) is 12.1 Å². The first-order valence-corrected chi connectivity index (χ1v) is 7.56. The number of nitrogens with two attached hydrogens (primary N) is 1. The standard InChI is InChI=1S/C17H23N3O/c1-12-3-4-14-13(2)10-16(19-15(14)9-12)20-7-5-17(21,11-18)6-8-20/h3-4,9-10,21H,5-8,11,18H2,1-2H3. The van der Waals surface area contributed by atoms with Crippen molar-refractivity contribution in [2.75, 3.05) is 24.5 Å². The lowest BCUT2D eigenvalue weighted by Gasteiger charge is -2.38. The molecular weight excluding hydrogens is 262 g/mol. The molecule has 4 heteroatoms. The second-order valence-corrected chi connectivity index (χ2v) is 6.23. The molecule has 0 radical (unpaired) electrons. The highest BCUT2D eigenvalue weighted by atomic mass is 16.3. The number of benzene rings is 1. The largest absolute Gasteiger partial charge is 0.388 e. The van der Waals surface area contributed by atoms with Crippen molar-refractivity contribution in [3.63, 3.8) is 0 Å². The highest BCUT2D eigenvalue weighted by Crippen LogP contribution is 2.28. The lowest BCUT2D eigenvalue weighted by molar-refractivity contribution is 0.0249. The first kappa shape index (κ1) is 14.3. The normalized spacial score (nSPS) is 18.2. The van der Waals surface area contributed by atoms with Crippen LogP contribution < -0.4 is 10.6 Å². The van der Waals surface area contributed by atoms with Crippen LogP contribution in [-0.2, 0) is 0 Å². The van der Waals surface area contributed by atoms with Crippen LogP contribution in [0.2, 0.25) is 0 Å². The Labute approximate surface area is 125 Å². The van der Waals surface area contributed by atoms with E-state index in [4.69, 9.17) is 10.7 Å². The summed E-state index contributed by atoms with van der Waals surface area (Å²) in [5, 5.41) is 11.4. The maximum absolute atomic E-state index is 10.2. The number of piperidine rings is 1. The Morgan fingerprint density at radius 1 is 1.24 bits per heavy atom. The molecule has 0 atom stereocenters. The molecule has 1 aliphatic rings. The van der Waals surface area contributed by atoms with Gasteiger partial charge in [0.25, 0.3) is 0 Å². The predicted octanol–water partition coefficient (Wildman–Crippen LogP) is 2.14. The first-order chi connectivity index (χ1) is 10.0. The van der Waals surface area contributed by atoms with Gasteiger partial charge in [-0.3, -0.25) is 0 Å². The number of hydrogen-bond acceptors (Lipinski definition) is 4. The van der Waals surface area contributed by atoms with E-state index in [1.54, 1.807) is 0 Å². The smallest absolute Gasteiger partial charge is 0.129 e. The lowest BCUT2D eigenvalue weighted by atomic mass is 9.91. The number of aliphatic hydroxyl groups is 1. The van der Waals surface area contributed by atoms with Crippen molar-refractivity contribution in [1.82, 2.24) is 4.98 Å². The van der Waals surface area contributed by atoms with Crippen molar-refractivity contribution >= 4 is 16.7 Å². The van der Waals surface area contributed by atoms with Gasteiger partial charge < -0.3 is 15.7 Å². The molecule has 0 aliphatic carbocycles. The zero-order chi connectivity index (χ0) is 15.0. The van der Waals surface area contributed by atoms with Crippen molar-refractivity contribution in [2.45, 2.75) is 32.3 Å². The number of aryl methyl sites for hydroxylation is 2. The summed E-state index contributed by atoms with van der Waals surface area (Å²) in [6.07, 6.45) is 1.41. The van der Waals surface area contributed by atoms with Crippen molar-refractivity contribution in [1.29, 1.82) is 0 Å². The van der Waals surface area contributed by atoms with Crippen molar-refractivity contribution in [3.8, 4) is 0 Å². The van der Waals surface area contributed by atoms with Crippen LogP contribution in [-0.4, -0.2) is 35.3 Å². The number of anilines is 1. The third kappa shape index (κ3) is 2.74. The second-order valence-electron chi connectivity index (χ2n) is 6.23. The summed E-state index contributed by atoms with van der Waals surface area (Å²) in [6, 6.07) is 8.54. The number of aromatic nitrogens is 1. The van der Waals surface area contributed by atoms with Gasteiger partial charge in [0.1, 0.15) is 5.82 Å². The van der Waals surface area contributed by atoms with E-state index >= 15 is 0 Å². The predicted molar refractivity (Wildman–Crippen MR) is 86.7 cm³/mol. The summed E-state index contributed by atoms with van der Waals surface area (Å²) in [6.45, 7) is 6.16. The third-order valence-electron chi connectivity index (χ3n) is 4.56. The summed E-state index contributed by atoms with van der Waals surface area (Å²) in [5.74, 6) is 1.00. The summed E-state index contributed by atoms with van der Waals surface area (Å²) >= 11 is 0. The molecule has 0 spiro atoms. The number of hydrogen-bond donors (Lipinski definition) is 2. The molecule has 2 heterocycles. The van der Waals surface area contributed by atoms with Crippen LogP contribution >= 0.6 is 0 Å². The second kappa shape index (κ2) is 5.28. The molecule has 0 amide bonds. The van der Waals surface area contributed by atoms with Gasteiger partial charge in [0.2, 0.25) is 0 Å². The molecule has 3 N–H and O–H groups in total. The van der Waals surface area contributed by atoms with Gasteiger partial charge in [-0.2, -0.15) is 0 Å². The fourth-order valence-electron chi connectivity index (χ4n) is 3.01. The summed E-state index contributed by atoms with van der Waals surface area (Å²) in [4.78, 5) is 7.06. The Morgan fingerprint density at radius 3 is 2.62 bits per heavy atom. The van der Waals surface area contributed by atoms with Gasteiger partial charge in [0.05, 0.1) is 11.1 Å². The molecule has 0 bridgehead atoms. The van der Waals surface area contributed by atoms with E-state index in [0.29, 0.717) is 19.4 Å². The Bertz CT molecular complexity index is 660. The molecule has 21 heavy (non-hydrogen) atoms. The molecular formula is C17H23N3O. The molecule has 0 saturated carbocycles. The molecule has 1 aromatic carbocycles. The molecule has 1 aliphatic heterocycles. The molecule has 0 unspecified atom stereocenters.